The molecule has 6 heteroatoms. The van der Waals surface area contributed by atoms with Crippen LogP contribution < -0.4 is 5.32 Å². The molecule has 132 valence electrons. The van der Waals surface area contributed by atoms with Crippen LogP contribution in [0.25, 0.3) is 0 Å². The van der Waals surface area contributed by atoms with Crippen LogP contribution in [0.4, 0.5) is 4.39 Å². The maximum absolute atomic E-state index is 13.2. The standard InChI is InChI=1S/C18H24BrFN2O2/c19-16-12-14(20)4-5-15(16)17(23)21-13-18(6-2-1-3-7-18)22-8-10-24-11-9-22/h4-5,12H,1-3,6-11,13H2,(H,21,23). The van der Waals surface area contributed by atoms with E-state index >= 15 is 0 Å². The highest BCUT2D eigenvalue weighted by atomic mass is 79.9. The van der Waals surface area contributed by atoms with Crippen molar-refractivity contribution >= 4 is 21.8 Å². The van der Waals surface area contributed by atoms with Crippen molar-refractivity contribution < 1.29 is 13.9 Å². The van der Waals surface area contributed by atoms with Crippen LogP contribution in [0, 0.1) is 5.82 Å². The van der Waals surface area contributed by atoms with E-state index in [4.69, 9.17) is 4.74 Å². The van der Waals surface area contributed by atoms with Gasteiger partial charge in [-0.25, -0.2) is 4.39 Å². The Morgan fingerprint density at radius 1 is 1.25 bits per heavy atom. The number of amides is 1. The first-order valence-corrected chi connectivity index (χ1v) is 9.46. The maximum atomic E-state index is 13.2. The molecule has 1 N–H and O–H groups in total. The Kier molecular flexibility index (Phi) is 5.89. The normalized spacial score (nSPS) is 21.4. The monoisotopic (exact) mass is 398 g/mol. The predicted molar refractivity (Wildman–Crippen MR) is 94.6 cm³/mol. The number of nitrogens with one attached hydrogen (secondary N) is 1. The molecule has 4 nitrogen and oxygen atoms in total. The van der Waals surface area contributed by atoms with Crippen molar-refractivity contribution in [1.82, 2.24) is 10.2 Å². The Morgan fingerprint density at radius 2 is 1.96 bits per heavy atom. The molecular weight excluding hydrogens is 375 g/mol. The molecule has 24 heavy (non-hydrogen) atoms. The van der Waals surface area contributed by atoms with Crippen LogP contribution in [0.15, 0.2) is 22.7 Å². The number of morpholine rings is 1. The van der Waals surface area contributed by atoms with Crippen molar-refractivity contribution in [3.05, 3.63) is 34.1 Å². The van der Waals surface area contributed by atoms with Crippen molar-refractivity contribution in [3.8, 4) is 0 Å². The molecule has 1 heterocycles. The molecule has 1 aromatic carbocycles. The summed E-state index contributed by atoms with van der Waals surface area (Å²) in [6.07, 6.45) is 5.89. The molecule has 1 aliphatic carbocycles. The quantitative estimate of drug-likeness (QED) is 0.845. The fourth-order valence-electron chi connectivity index (χ4n) is 3.87. The topological polar surface area (TPSA) is 41.6 Å². The Bertz CT molecular complexity index is 584. The zero-order chi connectivity index (χ0) is 17.0. The lowest BCUT2D eigenvalue weighted by atomic mass is 9.79. The minimum atomic E-state index is -0.351. The van der Waals surface area contributed by atoms with Gasteiger partial charge in [0, 0.05) is 29.6 Å². The molecule has 1 aromatic rings. The second-order valence-electron chi connectivity index (χ2n) is 6.69. The second kappa shape index (κ2) is 7.93. The Labute approximate surface area is 150 Å². The molecular formula is C18H24BrFN2O2. The number of ether oxygens (including phenoxy) is 1. The van der Waals surface area contributed by atoms with Crippen LogP contribution in [0.1, 0.15) is 42.5 Å². The van der Waals surface area contributed by atoms with Crippen molar-refractivity contribution in [2.24, 2.45) is 0 Å². The molecule has 1 aliphatic heterocycles. The van der Waals surface area contributed by atoms with E-state index in [1.54, 1.807) is 0 Å². The van der Waals surface area contributed by atoms with E-state index in [1.165, 1.54) is 37.5 Å². The molecule has 0 unspecified atom stereocenters. The lowest BCUT2D eigenvalue weighted by Gasteiger charge is -2.48. The summed E-state index contributed by atoms with van der Waals surface area (Å²) in [7, 11) is 0. The molecule has 2 fully saturated rings. The van der Waals surface area contributed by atoms with Crippen LogP contribution >= 0.6 is 15.9 Å². The average molecular weight is 399 g/mol. The van der Waals surface area contributed by atoms with E-state index in [-0.39, 0.29) is 17.3 Å². The minimum Gasteiger partial charge on any atom is -0.379 e. The summed E-state index contributed by atoms with van der Waals surface area (Å²) in [5.74, 6) is -0.504. The number of hydrogen-bond donors (Lipinski definition) is 1. The summed E-state index contributed by atoms with van der Waals surface area (Å²) in [6, 6.07) is 4.17. The summed E-state index contributed by atoms with van der Waals surface area (Å²) in [5.41, 5.74) is 0.508. The second-order valence-corrected chi connectivity index (χ2v) is 7.55. The first-order chi connectivity index (χ1) is 11.6. The van der Waals surface area contributed by atoms with Gasteiger partial charge in [-0.05, 0) is 47.0 Å². The largest absolute Gasteiger partial charge is 0.379 e. The molecule has 3 rings (SSSR count). The number of hydrogen-bond acceptors (Lipinski definition) is 3. The molecule has 1 saturated carbocycles. The van der Waals surface area contributed by atoms with Gasteiger partial charge in [0.05, 0.1) is 18.8 Å². The van der Waals surface area contributed by atoms with Crippen LogP contribution in [0.5, 0.6) is 0 Å². The minimum absolute atomic E-state index is 0.0319. The van der Waals surface area contributed by atoms with E-state index in [0.717, 1.165) is 39.1 Å². The van der Waals surface area contributed by atoms with Gasteiger partial charge in [0.15, 0.2) is 0 Å². The van der Waals surface area contributed by atoms with Crippen LogP contribution in [0.3, 0.4) is 0 Å². The van der Waals surface area contributed by atoms with Gasteiger partial charge in [0.2, 0.25) is 0 Å². The number of rotatable bonds is 4. The Hall–Kier alpha value is -0.980. The molecule has 2 aliphatic rings. The summed E-state index contributed by atoms with van der Waals surface area (Å²) >= 11 is 3.28. The van der Waals surface area contributed by atoms with Crippen molar-refractivity contribution in [2.45, 2.75) is 37.6 Å². The Morgan fingerprint density at radius 3 is 2.62 bits per heavy atom. The van der Waals surface area contributed by atoms with E-state index in [2.05, 4.69) is 26.1 Å². The smallest absolute Gasteiger partial charge is 0.252 e. The molecule has 0 spiro atoms. The van der Waals surface area contributed by atoms with Crippen molar-refractivity contribution in [3.63, 3.8) is 0 Å². The number of carbonyl (C=O) groups is 1. The Balaban J connectivity index is 1.69. The van der Waals surface area contributed by atoms with Crippen molar-refractivity contribution in [2.75, 3.05) is 32.8 Å². The fourth-order valence-corrected chi connectivity index (χ4v) is 4.40. The van der Waals surface area contributed by atoms with E-state index < -0.39 is 0 Å². The van der Waals surface area contributed by atoms with Gasteiger partial charge in [-0.2, -0.15) is 0 Å². The third-order valence-electron chi connectivity index (χ3n) is 5.22. The van der Waals surface area contributed by atoms with Gasteiger partial charge in [-0.3, -0.25) is 9.69 Å². The highest BCUT2D eigenvalue weighted by Gasteiger charge is 2.38. The first kappa shape index (κ1) is 17.8. The SMILES string of the molecule is O=C(NCC1(N2CCOCC2)CCCCC1)c1ccc(F)cc1Br. The third kappa shape index (κ3) is 3.98. The average Bonchev–Trinajstić information content (AvgIpc) is 2.61. The molecule has 0 bridgehead atoms. The van der Waals surface area contributed by atoms with Crippen LogP contribution in [0.2, 0.25) is 0 Å². The van der Waals surface area contributed by atoms with E-state index in [1.807, 2.05) is 0 Å². The van der Waals surface area contributed by atoms with Gasteiger partial charge in [-0.15, -0.1) is 0 Å². The van der Waals surface area contributed by atoms with E-state index in [0.29, 0.717) is 16.6 Å². The highest BCUT2D eigenvalue weighted by Crippen LogP contribution is 2.34. The van der Waals surface area contributed by atoms with E-state index in [9.17, 15) is 9.18 Å². The lowest BCUT2D eigenvalue weighted by molar-refractivity contribution is -0.0361. The predicted octanol–water partition coefficient (Wildman–Crippen LogP) is 3.35. The molecule has 1 amide bonds. The summed E-state index contributed by atoms with van der Waals surface area (Å²) < 4.78 is 19.2. The van der Waals surface area contributed by atoms with Gasteiger partial charge < -0.3 is 10.1 Å². The van der Waals surface area contributed by atoms with Gasteiger partial charge in [-0.1, -0.05) is 19.3 Å². The van der Waals surface area contributed by atoms with Crippen molar-refractivity contribution in [1.29, 1.82) is 0 Å². The first-order valence-electron chi connectivity index (χ1n) is 8.67. The van der Waals surface area contributed by atoms with Gasteiger partial charge in [0.1, 0.15) is 5.82 Å². The maximum Gasteiger partial charge on any atom is 0.252 e. The fraction of sp³-hybridized carbons (Fsp3) is 0.611. The van der Waals surface area contributed by atoms with Crippen LogP contribution in [-0.4, -0.2) is 49.2 Å². The number of benzene rings is 1. The van der Waals surface area contributed by atoms with Gasteiger partial charge in [0.25, 0.3) is 5.91 Å². The van der Waals surface area contributed by atoms with Gasteiger partial charge >= 0.3 is 0 Å². The number of carbonyl (C=O) groups excluding carboxylic acids is 1. The summed E-state index contributed by atoms with van der Waals surface area (Å²) in [5, 5.41) is 3.09. The molecule has 1 saturated heterocycles. The third-order valence-corrected chi connectivity index (χ3v) is 5.88. The molecule has 0 aromatic heterocycles. The number of nitrogens with zero attached hydrogens (tertiary/aromatic N) is 1. The number of halogens is 2. The lowest BCUT2D eigenvalue weighted by Crippen LogP contribution is -2.59. The molecule has 0 atom stereocenters. The highest BCUT2D eigenvalue weighted by molar-refractivity contribution is 9.10. The van der Waals surface area contributed by atoms with Crippen LogP contribution in [-0.2, 0) is 4.74 Å². The summed E-state index contributed by atoms with van der Waals surface area (Å²) in [6.45, 7) is 4.01. The summed E-state index contributed by atoms with van der Waals surface area (Å²) in [4.78, 5) is 15.0. The zero-order valence-corrected chi connectivity index (χ0v) is 15.4. The zero-order valence-electron chi connectivity index (χ0n) is 13.8. The molecule has 0 radical (unpaired) electrons.